The van der Waals surface area contributed by atoms with Gasteiger partial charge in [0.15, 0.2) is 0 Å². The number of hydrogen-bond acceptors (Lipinski definition) is 2. The number of aryl methyl sites for hydroxylation is 2. The maximum atomic E-state index is 4.15. The lowest BCUT2D eigenvalue weighted by Crippen LogP contribution is -2.18. The largest absolute Gasteiger partial charge is 0.306 e. The van der Waals surface area contributed by atoms with Gasteiger partial charge in [-0.25, -0.2) is 0 Å². The summed E-state index contributed by atoms with van der Waals surface area (Å²) in [7, 11) is 0. The van der Waals surface area contributed by atoms with Crippen molar-refractivity contribution in [3.8, 4) is 0 Å². The highest BCUT2D eigenvalue weighted by molar-refractivity contribution is 5.30. The Morgan fingerprint density at radius 1 is 1.22 bits per heavy atom. The molecule has 0 aliphatic heterocycles. The van der Waals surface area contributed by atoms with Crippen molar-refractivity contribution in [1.82, 2.24) is 10.3 Å². The molecule has 2 aromatic rings. The van der Waals surface area contributed by atoms with E-state index < -0.39 is 0 Å². The van der Waals surface area contributed by atoms with Crippen molar-refractivity contribution in [3.05, 3.63) is 65.0 Å². The third kappa shape index (κ3) is 3.17. The lowest BCUT2D eigenvalue weighted by atomic mass is 10.0. The van der Waals surface area contributed by atoms with Crippen molar-refractivity contribution in [1.29, 1.82) is 0 Å². The van der Waals surface area contributed by atoms with E-state index in [2.05, 4.69) is 55.3 Å². The number of hydrogen-bond donors (Lipinski definition) is 1. The minimum atomic E-state index is 0.318. The van der Waals surface area contributed by atoms with Gasteiger partial charge in [0.25, 0.3) is 0 Å². The SMILES string of the molecule is Cc1ccc(C)c(CNC(C)c2cccnc2)c1. The van der Waals surface area contributed by atoms with E-state index in [1.807, 2.05) is 12.3 Å². The van der Waals surface area contributed by atoms with Crippen LogP contribution in [0.3, 0.4) is 0 Å². The molecule has 0 aliphatic rings. The quantitative estimate of drug-likeness (QED) is 0.884. The van der Waals surface area contributed by atoms with E-state index in [1.165, 1.54) is 22.3 Å². The fourth-order valence-corrected chi connectivity index (χ4v) is 2.00. The van der Waals surface area contributed by atoms with Gasteiger partial charge in [0.2, 0.25) is 0 Å². The van der Waals surface area contributed by atoms with Gasteiger partial charge in [-0.15, -0.1) is 0 Å². The Hall–Kier alpha value is -1.67. The molecule has 0 saturated heterocycles. The van der Waals surface area contributed by atoms with Crippen LogP contribution in [0.2, 0.25) is 0 Å². The Balaban J connectivity index is 2.01. The molecule has 0 amide bonds. The van der Waals surface area contributed by atoms with E-state index in [1.54, 1.807) is 6.20 Å². The lowest BCUT2D eigenvalue weighted by Gasteiger charge is -2.15. The standard InChI is InChI=1S/C16H20N2/c1-12-6-7-13(2)16(9-12)11-18-14(3)15-5-4-8-17-10-15/h4-10,14,18H,11H2,1-3H3. The molecule has 1 aromatic carbocycles. The molecule has 1 atom stereocenters. The van der Waals surface area contributed by atoms with E-state index in [4.69, 9.17) is 0 Å². The number of nitrogens with one attached hydrogen (secondary N) is 1. The molecule has 0 fully saturated rings. The van der Waals surface area contributed by atoms with Crippen molar-refractivity contribution in [2.24, 2.45) is 0 Å². The van der Waals surface area contributed by atoms with Gasteiger partial charge in [-0.1, -0.05) is 29.8 Å². The van der Waals surface area contributed by atoms with Crippen LogP contribution in [0.25, 0.3) is 0 Å². The molecule has 2 nitrogen and oxygen atoms in total. The molecule has 1 N–H and O–H groups in total. The van der Waals surface area contributed by atoms with Crippen LogP contribution in [0.15, 0.2) is 42.7 Å². The summed E-state index contributed by atoms with van der Waals surface area (Å²) in [4.78, 5) is 4.15. The Kier molecular flexibility index (Phi) is 4.11. The molecule has 2 heteroatoms. The Labute approximate surface area is 109 Å². The zero-order valence-electron chi connectivity index (χ0n) is 11.3. The average Bonchev–Trinajstić information content (AvgIpc) is 2.40. The summed E-state index contributed by atoms with van der Waals surface area (Å²) < 4.78 is 0. The molecule has 94 valence electrons. The third-order valence-electron chi connectivity index (χ3n) is 3.29. The van der Waals surface area contributed by atoms with Crippen molar-refractivity contribution < 1.29 is 0 Å². The minimum Gasteiger partial charge on any atom is -0.306 e. The summed E-state index contributed by atoms with van der Waals surface area (Å²) in [6.45, 7) is 7.35. The fourth-order valence-electron chi connectivity index (χ4n) is 2.00. The Morgan fingerprint density at radius 2 is 2.06 bits per heavy atom. The molecule has 1 aromatic heterocycles. The molecule has 0 radical (unpaired) electrons. The van der Waals surface area contributed by atoms with Crippen LogP contribution in [0.1, 0.15) is 35.2 Å². The number of benzene rings is 1. The van der Waals surface area contributed by atoms with E-state index in [0.29, 0.717) is 6.04 Å². The van der Waals surface area contributed by atoms with E-state index in [9.17, 15) is 0 Å². The van der Waals surface area contributed by atoms with E-state index >= 15 is 0 Å². The number of rotatable bonds is 4. The lowest BCUT2D eigenvalue weighted by molar-refractivity contribution is 0.571. The summed E-state index contributed by atoms with van der Waals surface area (Å²) in [6.07, 6.45) is 3.72. The maximum absolute atomic E-state index is 4.15. The third-order valence-corrected chi connectivity index (χ3v) is 3.29. The number of nitrogens with zero attached hydrogens (tertiary/aromatic N) is 1. The predicted molar refractivity (Wildman–Crippen MR) is 75.4 cm³/mol. The van der Waals surface area contributed by atoms with Gasteiger partial charge in [0, 0.05) is 25.0 Å². The number of pyridine rings is 1. The van der Waals surface area contributed by atoms with Gasteiger partial charge in [-0.3, -0.25) is 4.98 Å². The van der Waals surface area contributed by atoms with Crippen molar-refractivity contribution in [2.45, 2.75) is 33.4 Å². The second kappa shape index (κ2) is 5.78. The second-order valence-corrected chi connectivity index (χ2v) is 4.82. The highest BCUT2D eigenvalue weighted by atomic mass is 14.9. The molecule has 1 heterocycles. The van der Waals surface area contributed by atoms with Crippen LogP contribution >= 0.6 is 0 Å². The van der Waals surface area contributed by atoms with Crippen molar-refractivity contribution in [2.75, 3.05) is 0 Å². The summed E-state index contributed by atoms with van der Waals surface area (Å²) >= 11 is 0. The fraction of sp³-hybridized carbons (Fsp3) is 0.312. The first-order chi connectivity index (χ1) is 8.66. The Bertz CT molecular complexity index is 506. The van der Waals surface area contributed by atoms with Gasteiger partial charge in [0.05, 0.1) is 0 Å². The highest BCUT2D eigenvalue weighted by Crippen LogP contribution is 2.14. The zero-order chi connectivity index (χ0) is 13.0. The molecule has 1 unspecified atom stereocenters. The summed E-state index contributed by atoms with van der Waals surface area (Å²) in [5, 5.41) is 3.54. The second-order valence-electron chi connectivity index (χ2n) is 4.82. The van der Waals surface area contributed by atoms with Crippen LogP contribution in [-0.4, -0.2) is 4.98 Å². The van der Waals surface area contributed by atoms with Crippen LogP contribution in [0.4, 0.5) is 0 Å². The van der Waals surface area contributed by atoms with Crippen LogP contribution in [0, 0.1) is 13.8 Å². The van der Waals surface area contributed by atoms with Gasteiger partial charge < -0.3 is 5.32 Å². The molecule has 0 bridgehead atoms. The van der Waals surface area contributed by atoms with E-state index in [0.717, 1.165) is 6.54 Å². The smallest absolute Gasteiger partial charge is 0.0315 e. The monoisotopic (exact) mass is 240 g/mol. The highest BCUT2D eigenvalue weighted by Gasteiger charge is 2.05. The molecule has 0 aliphatic carbocycles. The summed E-state index contributed by atoms with van der Waals surface area (Å²) in [5.41, 5.74) is 5.24. The molecule has 0 spiro atoms. The first-order valence-electron chi connectivity index (χ1n) is 6.36. The Morgan fingerprint density at radius 3 is 2.78 bits per heavy atom. The number of aromatic nitrogens is 1. The van der Waals surface area contributed by atoms with E-state index in [-0.39, 0.29) is 0 Å². The molecular formula is C16H20N2. The van der Waals surface area contributed by atoms with Crippen LogP contribution in [-0.2, 0) is 6.54 Å². The summed E-state index contributed by atoms with van der Waals surface area (Å²) in [6, 6.07) is 11.0. The first-order valence-corrected chi connectivity index (χ1v) is 6.36. The van der Waals surface area contributed by atoms with Crippen LogP contribution in [0.5, 0.6) is 0 Å². The van der Waals surface area contributed by atoms with Crippen molar-refractivity contribution in [3.63, 3.8) is 0 Å². The van der Waals surface area contributed by atoms with Crippen molar-refractivity contribution >= 4 is 0 Å². The van der Waals surface area contributed by atoms with Gasteiger partial charge >= 0.3 is 0 Å². The topological polar surface area (TPSA) is 24.9 Å². The maximum Gasteiger partial charge on any atom is 0.0315 e. The molecule has 2 rings (SSSR count). The summed E-state index contributed by atoms with van der Waals surface area (Å²) in [5.74, 6) is 0. The van der Waals surface area contributed by atoms with Gasteiger partial charge in [0.1, 0.15) is 0 Å². The van der Waals surface area contributed by atoms with Gasteiger partial charge in [-0.2, -0.15) is 0 Å². The molecule has 18 heavy (non-hydrogen) atoms. The minimum absolute atomic E-state index is 0.318. The predicted octanol–water partition coefficient (Wildman–Crippen LogP) is 3.55. The molecule has 0 saturated carbocycles. The van der Waals surface area contributed by atoms with Crippen LogP contribution < -0.4 is 5.32 Å². The first kappa shape index (κ1) is 12.8. The van der Waals surface area contributed by atoms with Gasteiger partial charge in [-0.05, 0) is 43.5 Å². The average molecular weight is 240 g/mol. The zero-order valence-corrected chi connectivity index (χ0v) is 11.3. The normalized spacial score (nSPS) is 12.4. The molecular weight excluding hydrogens is 220 g/mol.